The molecule has 4 heterocycles. The van der Waals surface area contributed by atoms with Crippen LogP contribution in [0.4, 0.5) is 19.3 Å². The standard InChI is InChI=1S/C24H31F2N3O4S/c1-12(2)18-20(25)14(5)21(26)19(13(3)4)22(18)27-24(30)28-34(31,32)17-10-16-11-29-8-6-15(7-9-29)23(16)33-17/h10,12-13,15H,6-9,11H2,1-5H3,(H2,27,28,30). The number of benzene rings is 1. The lowest BCUT2D eigenvalue weighted by Crippen LogP contribution is -2.35. The number of carbonyl (C=O) groups excluding carboxylic acids is 1. The lowest BCUT2D eigenvalue weighted by molar-refractivity contribution is 0.212. The van der Waals surface area contributed by atoms with Crippen molar-refractivity contribution in [2.75, 3.05) is 18.4 Å². The van der Waals surface area contributed by atoms with Crippen LogP contribution in [-0.4, -0.2) is 32.4 Å². The van der Waals surface area contributed by atoms with E-state index in [1.54, 1.807) is 27.7 Å². The number of carbonyl (C=O) groups is 1. The summed E-state index contributed by atoms with van der Waals surface area (Å²) in [5.41, 5.74) is 0.897. The number of piperidine rings is 1. The molecular formula is C24H31F2N3O4S. The molecule has 0 saturated carbocycles. The second-order valence-corrected chi connectivity index (χ2v) is 11.4. The first kappa shape index (κ1) is 24.7. The molecule has 2 bridgehead atoms. The number of hydrogen-bond donors (Lipinski definition) is 2. The summed E-state index contributed by atoms with van der Waals surface area (Å²) in [6.45, 7) is 10.7. The first-order valence-electron chi connectivity index (χ1n) is 11.6. The molecule has 7 nitrogen and oxygen atoms in total. The third-order valence-corrected chi connectivity index (χ3v) is 7.91. The van der Waals surface area contributed by atoms with Crippen molar-refractivity contribution in [1.82, 2.24) is 9.62 Å². The summed E-state index contributed by atoms with van der Waals surface area (Å²) in [4.78, 5) is 15.0. The normalized spacial score (nSPS) is 19.9. The molecule has 1 saturated heterocycles. The van der Waals surface area contributed by atoms with E-state index in [2.05, 4.69) is 10.2 Å². The van der Waals surface area contributed by atoms with Crippen molar-refractivity contribution in [3.05, 3.63) is 45.7 Å². The number of nitrogens with zero attached hydrogens (tertiary/aromatic N) is 1. The maximum Gasteiger partial charge on any atom is 0.333 e. The van der Waals surface area contributed by atoms with E-state index in [0.717, 1.165) is 31.5 Å². The van der Waals surface area contributed by atoms with E-state index in [0.29, 0.717) is 12.3 Å². The summed E-state index contributed by atoms with van der Waals surface area (Å²) < 4.78 is 63.5. The molecule has 0 unspecified atom stereocenters. The SMILES string of the molecule is Cc1c(F)c(C(C)C)c(NC(=O)NS(=O)(=O)c2cc3c(o2)C2CCN(CC2)C3)c(C(C)C)c1F. The van der Waals surface area contributed by atoms with Gasteiger partial charge in [0.25, 0.3) is 10.0 Å². The number of halogens is 2. The van der Waals surface area contributed by atoms with Crippen LogP contribution in [0, 0.1) is 18.6 Å². The third kappa shape index (κ3) is 4.33. The van der Waals surface area contributed by atoms with Crippen molar-refractivity contribution in [2.45, 2.75) is 76.9 Å². The van der Waals surface area contributed by atoms with Crippen molar-refractivity contribution in [3.8, 4) is 0 Å². The second kappa shape index (κ2) is 8.96. The van der Waals surface area contributed by atoms with Crippen LogP contribution in [0.2, 0.25) is 0 Å². The molecule has 2 amide bonds. The Bertz CT molecular complexity index is 1190. The lowest BCUT2D eigenvalue weighted by Gasteiger charge is -2.26. The fourth-order valence-electron chi connectivity index (χ4n) is 5.01. The van der Waals surface area contributed by atoms with Crippen LogP contribution >= 0.6 is 0 Å². The number of nitrogens with one attached hydrogen (secondary N) is 2. The van der Waals surface area contributed by atoms with Crippen molar-refractivity contribution in [1.29, 1.82) is 0 Å². The van der Waals surface area contributed by atoms with Gasteiger partial charge in [-0.3, -0.25) is 4.90 Å². The number of rotatable bonds is 5. The third-order valence-electron chi connectivity index (χ3n) is 6.73. The van der Waals surface area contributed by atoms with Gasteiger partial charge in [0.05, 0.1) is 5.69 Å². The van der Waals surface area contributed by atoms with E-state index in [-0.39, 0.29) is 45.2 Å². The van der Waals surface area contributed by atoms with Gasteiger partial charge in [0.2, 0.25) is 5.09 Å². The van der Waals surface area contributed by atoms with Gasteiger partial charge in [0.1, 0.15) is 17.4 Å². The van der Waals surface area contributed by atoms with Gasteiger partial charge in [-0.25, -0.2) is 18.3 Å². The van der Waals surface area contributed by atoms with Gasteiger partial charge in [0.15, 0.2) is 0 Å². The monoisotopic (exact) mass is 495 g/mol. The van der Waals surface area contributed by atoms with Crippen LogP contribution in [0.1, 0.15) is 86.3 Å². The number of anilines is 1. The maximum atomic E-state index is 15.0. The molecule has 2 aromatic rings. The van der Waals surface area contributed by atoms with E-state index in [9.17, 15) is 22.0 Å². The summed E-state index contributed by atoms with van der Waals surface area (Å²) in [7, 11) is -4.33. The average molecular weight is 496 g/mol. The Morgan fingerprint density at radius 2 is 1.65 bits per heavy atom. The molecule has 3 aliphatic rings. The quantitative estimate of drug-likeness (QED) is 0.586. The summed E-state index contributed by atoms with van der Waals surface area (Å²) in [6, 6.07) is 0.356. The van der Waals surface area contributed by atoms with Gasteiger partial charge in [-0.1, -0.05) is 27.7 Å². The molecule has 1 fully saturated rings. The fourth-order valence-corrected chi connectivity index (χ4v) is 5.90. The predicted molar refractivity (Wildman–Crippen MR) is 125 cm³/mol. The lowest BCUT2D eigenvalue weighted by atomic mass is 9.89. The molecule has 2 N–H and O–H groups in total. The van der Waals surface area contributed by atoms with Crippen LogP contribution < -0.4 is 10.0 Å². The molecule has 0 aliphatic carbocycles. The minimum Gasteiger partial charge on any atom is -0.447 e. The highest BCUT2D eigenvalue weighted by Gasteiger charge is 2.34. The molecule has 0 radical (unpaired) electrons. The van der Waals surface area contributed by atoms with Crippen LogP contribution in [0.25, 0.3) is 0 Å². The predicted octanol–water partition coefficient (Wildman–Crippen LogP) is 5.32. The zero-order valence-electron chi connectivity index (χ0n) is 20.1. The maximum absolute atomic E-state index is 15.0. The molecule has 1 aromatic heterocycles. The number of furan rings is 1. The Balaban J connectivity index is 1.64. The van der Waals surface area contributed by atoms with E-state index in [1.165, 1.54) is 13.0 Å². The van der Waals surface area contributed by atoms with Gasteiger partial charge in [-0.15, -0.1) is 0 Å². The molecule has 1 aromatic carbocycles. The summed E-state index contributed by atoms with van der Waals surface area (Å²) >= 11 is 0. The number of sulfonamides is 1. The number of fused-ring (bicyclic) bond motifs is 2. The molecule has 0 atom stereocenters. The van der Waals surface area contributed by atoms with Gasteiger partial charge >= 0.3 is 6.03 Å². The molecule has 3 aliphatic heterocycles. The van der Waals surface area contributed by atoms with Crippen molar-refractivity contribution < 1.29 is 26.4 Å². The van der Waals surface area contributed by atoms with E-state index in [1.807, 2.05) is 4.72 Å². The Morgan fingerprint density at radius 1 is 1.09 bits per heavy atom. The van der Waals surface area contributed by atoms with Crippen molar-refractivity contribution in [3.63, 3.8) is 0 Å². The van der Waals surface area contributed by atoms with Crippen molar-refractivity contribution in [2.24, 2.45) is 0 Å². The summed E-state index contributed by atoms with van der Waals surface area (Å²) in [6.07, 6.45) is 1.79. The molecule has 34 heavy (non-hydrogen) atoms. The second-order valence-electron chi connectivity index (χ2n) is 9.83. The molecule has 5 rings (SSSR count). The van der Waals surface area contributed by atoms with E-state index in [4.69, 9.17) is 4.42 Å². The van der Waals surface area contributed by atoms with E-state index < -0.39 is 27.7 Å². The zero-order chi connectivity index (χ0) is 24.9. The van der Waals surface area contributed by atoms with Crippen LogP contribution in [0.15, 0.2) is 15.6 Å². The Kier molecular flexibility index (Phi) is 6.50. The van der Waals surface area contributed by atoms with Crippen LogP contribution in [0.5, 0.6) is 0 Å². The van der Waals surface area contributed by atoms with Crippen molar-refractivity contribution >= 4 is 21.7 Å². The number of amides is 2. The molecule has 0 spiro atoms. The smallest absolute Gasteiger partial charge is 0.333 e. The van der Waals surface area contributed by atoms with Gasteiger partial charge in [0, 0.05) is 40.8 Å². The van der Waals surface area contributed by atoms with Gasteiger partial charge in [-0.05, 0) is 44.7 Å². The molecular weight excluding hydrogens is 464 g/mol. The summed E-state index contributed by atoms with van der Waals surface area (Å²) in [5, 5.41) is 2.08. The van der Waals surface area contributed by atoms with Crippen LogP contribution in [-0.2, 0) is 16.6 Å². The Morgan fingerprint density at radius 3 is 2.18 bits per heavy atom. The van der Waals surface area contributed by atoms with E-state index >= 15 is 0 Å². The highest BCUT2D eigenvalue weighted by molar-refractivity contribution is 7.89. The molecule has 186 valence electrons. The first-order chi connectivity index (χ1) is 15.9. The highest BCUT2D eigenvalue weighted by Crippen LogP contribution is 2.40. The summed E-state index contributed by atoms with van der Waals surface area (Å²) in [5.74, 6) is -1.45. The Labute approximate surface area is 198 Å². The largest absolute Gasteiger partial charge is 0.447 e. The Hall–Kier alpha value is -2.46. The van der Waals surface area contributed by atoms with Gasteiger partial charge < -0.3 is 9.73 Å². The minimum atomic E-state index is -4.33. The first-order valence-corrected chi connectivity index (χ1v) is 13.1. The van der Waals surface area contributed by atoms with Crippen LogP contribution in [0.3, 0.4) is 0 Å². The zero-order valence-corrected chi connectivity index (χ0v) is 20.9. The fraction of sp³-hybridized carbons (Fsp3) is 0.542. The average Bonchev–Trinajstić information content (AvgIpc) is 3.02. The highest BCUT2D eigenvalue weighted by atomic mass is 32.2. The van der Waals surface area contributed by atoms with Gasteiger partial charge in [-0.2, -0.15) is 8.42 Å². The topological polar surface area (TPSA) is 91.7 Å². The number of urea groups is 1. The number of hydrogen-bond acceptors (Lipinski definition) is 5. The minimum absolute atomic E-state index is 0.0429. The molecule has 10 heteroatoms.